The van der Waals surface area contributed by atoms with Crippen molar-refractivity contribution in [1.29, 1.82) is 0 Å². The summed E-state index contributed by atoms with van der Waals surface area (Å²) in [5, 5.41) is 11.9. The number of anilines is 1. The smallest absolute Gasteiger partial charge is 0.237 e. The number of benzene rings is 2. The standard InChI is InChI=1S/C23H25FN4O2S/c1-15-6-3-4-8-20(15)25-22(29)16(2)31-23-27-26-21(17-9-11-18(24)12-10-17)28(23)14-19-7-5-13-30-19/h3-4,6,8-12,16,19H,5,7,13-14H2,1-2H3,(H,25,29). The maximum atomic E-state index is 13.4. The molecular formula is C23H25FN4O2S. The minimum atomic E-state index is -0.381. The molecule has 0 bridgehead atoms. The fraction of sp³-hybridized carbons (Fsp3) is 0.348. The zero-order chi connectivity index (χ0) is 21.8. The summed E-state index contributed by atoms with van der Waals surface area (Å²) < 4.78 is 21.2. The van der Waals surface area contributed by atoms with Gasteiger partial charge in [-0.15, -0.1) is 10.2 Å². The first-order valence-electron chi connectivity index (χ1n) is 10.3. The number of amides is 1. The average Bonchev–Trinajstić information content (AvgIpc) is 3.41. The third-order valence-electron chi connectivity index (χ3n) is 5.28. The number of carbonyl (C=O) groups excluding carboxylic acids is 1. The lowest BCUT2D eigenvalue weighted by Gasteiger charge is -2.17. The molecule has 1 aromatic heterocycles. The minimum Gasteiger partial charge on any atom is -0.376 e. The van der Waals surface area contributed by atoms with Gasteiger partial charge in [0.05, 0.1) is 17.9 Å². The first kappa shape index (κ1) is 21.5. The molecular weight excluding hydrogens is 415 g/mol. The molecule has 0 saturated carbocycles. The Balaban J connectivity index is 1.55. The van der Waals surface area contributed by atoms with E-state index in [1.165, 1.54) is 23.9 Å². The number of aromatic nitrogens is 3. The van der Waals surface area contributed by atoms with Crippen LogP contribution < -0.4 is 5.32 Å². The lowest BCUT2D eigenvalue weighted by Crippen LogP contribution is -2.24. The van der Waals surface area contributed by atoms with Crippen molar-refractivity contribution in [3.05, 3.63) is 59.9 Å². The summed E-state index contributed by atoms with van der Waals surface area (Å²) in [4.78, 5) is 12.8. The minimum absolute atomic E-state index is 0.0747. The van der Waals surface area contributed by atoms with Gasteiger partial charge in [-0.1, -0.05) is 30.0 Å². The van der Waals surface area contributed by atoms with Crippen molar-refractivity contribution in [1.82, 2.24) is 14.8 Å². The Morgan fingerprint density at radius 3 is 2.74 bits per heavy atom. The highest BCUT2D eigenvalue weighted by Crippen LogP contribution is 2.29. The molecule has 1 saturated heterocycles. The molecule has 6 nitrogen and oxygen atoms in total. The molecule has 2 heterocycles. The number of thioether (sulfide) groups is 1. The van der Waals surface area contributed by atoms with Crippen molar-refractivity contribution in [2.75, 3.05) is 11.9 Å². The molecule has 1 aliphatic rings. The predicted octanol–water partition coefficient (Wildman–Crippen LogP) is 4.69. The van der Waals surface area contributed by atoms with E-state index in [1.54, 1.807) is 12.1 Å². The molecule has 2 atom stereocenters. The molecule has 4 rings (SSSR count). The Morgan fingerprint density at radius 1 is 1.26 bits per heavy atom. The number of nitrogens with one attached hydrogen (secondary N) is 1. The first-order chi connectivity index (χ1) is 15.0. The zero-order valence-corrected chi connectivity index (χ0v) is 18.4. The summed E-state index contributed by atoms with van der Waals surface area (Å²) in [5.41, 5.74) is 2.58. The van der Waals surface area contributed by atoms with Crippen molar-refractivity contribution in [2.45, 2.75) is 49.7 Å². The highest BCUT2D eigenvalue weighted by Gasteiger charge is 2.25. The molecule has 0 aliphatic carbocycles. The number of halogens is 1. The fourth-order valence-corrected chi connectivity index (χ4v) is 4.36. The van der Waals surface area contributed by atoms with Crippen LogP contribution in [0.1, 0.15) is 25.3 Å². The third kappa shape index (κ3) is 5.14. The van der Waals surface area contributed by atoms with E-state index in [0.29, 0.717) is 17.5 Å². The SMILES string of the molecule is Cc1ccccc1NC(=O)C(C)Sc1nnc(-c2ccc(F)cc2)n1CC1CCCO1. The second-order valence-electron chi connectivity index (χ2n) is 7.62. The van der Waals surface area contributed by atoms with Crippen LogP contribution in [0.4, 0.5) is 10.1 Å². The fourth-order valence-electron chi connectivity index (χ4n) is 3.50. The van der Waals surface area contributed by atoms with Crippen LogP contribution in [0.25, 0.3) is 11.4 Å². The monoisotopic (exact) mass is 440 g/mol. The van der Waals surface area contributed by atoms with Gasteiger partial charge in [0.15, 0.2) is 11.0 Å². The summed E-state index contributed by atoms with van der Waals surface area (Å²) in [6.45, 7) is 5.14. The van der Waals surface area contributed by atoms with Crippen molar-refractivity contribution in [3.63, 3.8) is 0 Å². The van der Waals surface area contributed by atoms with Crippen LogP contribution in [0.15, 0.2) is 53.7 Å². The number of hydrogen-bond acceptors (Lipinski definition) is 5. The number of ether oxygens (including phenoxy) is 1. The van der Waals surface area contributed by atoms with E-state index in [4.69, 9.17) is 4.74 Å². The molecule has 162 valence electrons. The number of para-hydroxylation sites is 1. The number of carbonyl (C=O) groups is 1. The van der Waals surface area contributed by atoms with Gasteiger partial charge in [0.2, 0.25) is 5.91 Å². The van der Waals surface area contributed by atoms with Gasteiger partial charge in [0.25, 0.3) is 0 Å². The zero-order valence-electron chi connectivity index (χ0n) is 17.5. The predicted molar refractivity (Wildman–Crippen MR) is 120 cm³/mol. The Hall–Kier alpha value is -2.71. The van der Waals surface area contributed by atoms with E-state index in [0.717, 1.165) is 36.3 Å². The van der Waals surface area contributed by atoms with Gasteiger partial charge in [0, 0.05) is 17.9 Å². The van der Waals surface area contributed by atoms with E-state index < -0.39 is 0 Å². The summed E-state index contributed by atoms with van der Waals surface area (Å²) in [5.74, 6) is 0.240. The van der Waals surface area contributed by atoms with Gasteiger partial charge in [0.1, 0.15) is 5.82 Å². The largest absolute Gasteiger partial charge is 0.376 e. The maximum Gasteiger partial charge on any atom is 0.237 e. The molecule has 1 fully saturated rings. The van der Waals surface area contributed by atoms with Crippen LogP contribution in [-0.2, 0) is 16.1 Å². The van der Waals surface area contributed by atoms with Gasteiger partial charge in [-0.2, -0.15) is 0 Å². The Morgan fingerprint density at radius 2 is 2.03 bits per heavy atom. The van der Waals surface area contributed by atoms with Gasteiger partial charge < -0.3 is 10.1 Å². The number of nitrogens with zero attached hydrogens (tertiary/aromatic N) is 3. The molecule has 0 radical (unpaired) electrons. The van der Waals surface area contributed by atoms with Crippen LogP contribution in [-0.4, -0.2) is 38.6 Å². The van der Waals surface area contributed by atoms with Crippen LogP contribution >= 0.6 is 11.8 Å². The van der Waals surface area contributed by atoms with E-state index in [2.05, 4.69) is 15.5 Å². The second-order valence-corrected chi connectivity index (χ2v) is 8.93. The van der Waals surface area contributed by atoms with Crippen molar-refractivity contribution in [2.24, 2.45) is 0 Å². The van der Waals surface area contributed by atoms with Crippen molar-refractivity contribution >= 4 is 23.4 Å². The average molecular weight is 441 g/mol. The lowest BCUT2D eigenvalue weighted by molar-refractivity contribution is -0.115. The van der Waals surface area contributed by atoms with E-state index in [-0.39, 0.29) is 23.1 Å². The molecule has 0 spiro atoms. The number of aryl methyl sites for hydroxylation is 1. The topological polar surface area (TPSA) is 69.0 Å². The molecule has 2 unspecified atom stereocenters. The first-order valence-corrected chi connectivity index (χ1v) is 11.2. The Kier molecular flexibility index (Phi) is 6.67. The van der Waals surface area contributed by atoms with E-state index >= 15 is 0 Å². The molecule has 8 heteroatoms. The highest BCUT2D eigenvalue weighted by molar-refractivity contribution is 8.00. The lowest BCUT2D eigenvalue weighted by atomic mass is 10.2. The van der Waals surface area contributed by atoms with Gasteiger partial charge in [-0.3, -0.25) is 9.36 Å². The molecule has 1 N–H and O–H groups in total. The van der Waals surface area contributed by atoms with E-state index in [9.17, 15) is 9.18 Å². The molecule has 3 aromatic rings. The van der Waals surface area contributed by atoms with Gasteiger partial charge in [-0.05, 0) is 62.6 Å². The normalized spacial score (nSPS) is 16.9. The quantitative estimate of drug-likeness (QED) is 0.540. The number of hydrogen-bond donors (Lipinski definition) is 1. The Bertz CT molecular complexity index is 1050. The maximum absolute atomic E-state index is 13.4. The van der Waals surface area contributed by atoms with Crippen LogP contribution in [0.3, 0.4) is 0 Å². The van der Waals surface area contributed by atoms with Crippen molar-refractivity contribution in [3.8, 4) is 11.4 Å². The third-order valence-corrected chi connectivity index (χ3v) is 6.36. The summed E-state index contributed by atoms with van der Waals surface area (Å²) in [6.07, 6.45) is 2.07. The van der Waals surface area contributed by atoms with Crippen LogP contribution in [0.2, 0.25) is 0 Å². The van der Waals surface area contributed by atoms with Gasteiger partial charge >= 0.3 is 0 Å². The van der Waals surface area contributed by atoms with Crippen molar-refractivity contribution < 1.29 is 13.9 Å². The molecule has 2 aromatic carbocycles. The number of rotatable bonds is 7. The highest BCUT2D eigenvalue weighted by atomic mass is 32.2. The Labute approximate surface area is 185 Å². The van der Waals surface area contributed by atoms with Crippen LogP contribution in [0, 0.1) is 12.7 Å². The molecule has 31 heavy (non-hydrogen) atoms. The van der Waals surface area contributed by atoms with Crippen LogP contribution in [0.5, 0.6) is 0 Å². The summed E-state index contributed by atoms with van der Waals surface area (Å²) in [6, 6.07) is 13.9. The summed E-state index contributed by atoms with van der Waals surface area (Å²) in [7, 11) is 0. The molecule has 1 aliphatic heterocycles. The summed E-state index contributed by atoms with van der Waals surface area (Å²) >= 11 is 1.35. The second kappa shape index (κ2) is 9.62. The van der Waals surface area contributed by atoms with E-state index in [1.807, 2.05) is 42.7 Å². The molecule has 1 amide bonds. The van der Waals surface area contributed by atoms with Gasteiger partial charge in [-0.25, -0.2) is 4.39 Å².